The summed E-state index contributed by atoms with van der Waals surface area (Å²) < 4.78 is 6.55. The van der Waals surface area contributed by atoms with E-state index in [4.69, 9.17) is 4.74 Å². The van der Waals surface area contributed by atoms with E-state index < -0.39 is 0 Å². The third-order valence-electron chi connectivity index (χ3n) is 2.77. The number of aromatic nitrogens is 1. The van der Waals surface area contributed by atoms with Crippen LogP contribution in [0.5, 0.6) is 5.75 Å². The first-order valence-electron chi connectivity index (χ1n) is 6.23. The molecule has 1 unspecified atom stereocenters. The maximum atomic E-state index is 5.42. The Morgan fingerprint density at radius 1 is 1.42 bits per heavy atom. The minimum Gasteiger partial charge on any atom is -0.495 e. The van der Waals surface area contributed by atoms with Gasteiger partial charge in [0.05, 0.1) is 16.9 Å². The van der Waals surface area contributed by atoms with Gasteiger partial charge in [0.25, 0.3) is 0 Å². The van der Waals surface area contributed by atoms with Crippen LogP contribution in [0, 0.1) is 0 Å². The van der Waals surface area contributed by atoms with Gasteiger partial charge in [0.1, 0.15) is 11.4 Å². The molecule has 3 nitrogen and oxygen atoms in total. The van der Waals surface area contributed by atoms with Crippen LogP contribution < -0.4 is 10.1 Å². The normalized spacial score (nSPS) is 12.4. The molecule has 0 radical (unpaired) electrons. The molecule has 2 aromatic rings. The summed E-state index contributed by atoms with van der Waals surface area (Å²) in [5.74, 6) is 0.820. The van der Waals surface area contributed by atoms with E-state index in [9.17, 15) is 0 Å². The van der Waals surface area contributed by atoms with Crippen molar-refractivity contribution in [2.75, 3.05) is 13.7 Å². The van der Waals surface area contributed by atoms with Gasteiger partial charge in [0.15, 0.2) is 0 Å². The third kappa shape index (κ3) is 3.55. The number of halogens is 1. The van der Waals surface area contributed by atoms with Crippen LogP contribution in [-0.2, 0) is 0 Å². The Hall–Kier alpha value is -0.910. The number of thiophene rings is 1. The monoisotopic (exact) mass is 340 g/mol. The van der Waals surface area contributed by atoms with E-state index >= 15 is 0 Å². The Morgan fingerprint density at radius 3 is 2.89 bits per heavy atom. The van der Waals surface area contributed by atoms with Crippen molar-refractivity contribution in [1.82, 2.24) is 10.3 Å². The van der Waals surface area contributed by atoms with E-state index in [1.165, 1.54) is 4.88 Å². The van der Waals surface area contributed by atoms with Crippen molar-refractivity contribution in [3.63, 3.8) is 0 Å². The van der Waals surface area contributed by atoms with Gasteiger partial charge in [0, 0.05) is 11.1 Å². The van der Waals surface area contributed by atoms with E-state index in [1.807, 2.05) is 12.1 Å². The second-order valence-electron chi connectivity index (χ2n) is 4.12. The van der Waals surface area contributed by atoms with Crippen molar-refractivity contribution >= 4 is 27.3 Å². The molecule has 0 saturated heterocycles. The molecule has 0 spiro atoms. The van der Waals surface area contributed by atoms with Crippen LogP contribution in [0.3, 0.4) is 0 Å². The molecule has 102 valence electrons. The first-order valence-corrected chi connectivity index (χ1v) is 7.84. The standard InChI is InChI=1S/C14H17BrN2OS/c1-3-8-16-14(11-6-7-12(15)19-11)13-10(18-2)5-4-9-17-13/h4-7,9,14,16H,3,8H2,1-2H3. The molecule has 19 heavy (non-hydrogen) atoms. The zero-order chi connectivity index (χ0) is 13.7. The van der Waals surface area contributed by atoms with Gasteiger partial charge >= 0.3 is 0 Å². The van der Waals surface area contributed by atoms with Gasteiger partial charge in [-0.25, -0.2) is 0 Å². The lowest BCUT2D eigenvalue weighted by Crippen LogP contribution is -2.23. The van der Waals surface area contributed by atoms with Gasteiger partial charge in [0.2, 0.25) is 0 Å². The first-order chi connectivity index (χ1) is 9.26. The van der Waals surface area contributed by atoms with E-state index in [0.29, 0.717) is 0 Å². The van der Waals surface area contributed by atoms with Crippen LogP contribution in [0.15, 0.2) is 34.2 Å². The number of methoxy groups -OCH3 is 1. The highest BCUT2D eigenvalue weighted by molar-refractivity contribution is 9.11. The molecule has 1 atom stereocenters. The van der Waals surface area contributed by atoms with Crippen LogP contribution in [0.25, 0.3) is 0 Å². The van der Waals surface area contributed by atoms with Gasteiger partial charge in [-0.05, 0) is 53.2 Å². The molecule has 0 amide bonds. The lowest BCUT2D eigenvalue weighted by molar-refractivity contribution is 0.400. The molecule has 0 aliphatic rings. The van der Waals surface area contributed by atoms with Crippen molar-refractivity contribution in [3.05, 3.63) is 44.8 Å². The number of nitrogens with zero attached hydrogens (tertiary/aromatic N) is 1. The van der Waals surface area contributed by atoms with Crippen LogP contribution in [0.4, 0.5) is 0 Å². The average molecular weight is 341 g/mol. The highest BCUT2D eigenvalue weighted by Crippen LogP contribution is 2.33. The quantitative estimate of drug-likeness (QED) is 0.862. The number of nitrogens with one attached hydrogen (secondary N) is 1. The minimum atomic E-state index is 0.0763. The summed E-state index contributed by atoms with van der Waals surface area (Å²) in [4.78, 5) is 5.73. The fraction of sp³-hybridized carbons (Fsp3) is 0.357. The predicted molar refractivity (Wildman–Crippen MR) is 82.9 cm³/mol. The number of hydrogen-bond donors (Lipinski definition) is 1. The molecule has 0 bridgehead atoms. The summed E-state index contributed by atoms with van der Waals surface area (Å²) in [5.41, 5.74) is 0.938. The number of pyridine rings is 1. The van der Waals surface area contributed by atoms with Gasteiger partial charge in [-0.15, -0.1) is 11.3 Å². The number of rotatable bonds is 6. The Bertz CT molecular complexity index is 530. The molecule has 0 saturated carbocycles. The first kappa shape index (κ1) is 14.5. The van der Waals surface area contributed by atoms with E-state index in [1.54, 1.807) is 24.6 Å². The van der Waals surface area contributed by atoms with Gasteiger partial charge < -0.3 is 10.1 Å². The summed E-state index contributed by atoms with van der Waals surface area (Å²) in [6.07, 6.45) is 2.89. The molecule has 1 N–H and O–H groups in total. The maximum absolute atomic E-state index is 5.42. The van der Waals surface area contributed by atoms with E-state index in [0.717, 1.165) is 28.2 Å². The van der Waals surface area contributed by atoms with Crippen LogP contribution in [-0.4, -0.2) is 18.6 Å². The molecule has 0 fully saturated rings. The Kier molecular flexibility index (Phi) is 5.36. The Labute approximate surface area is 126 Å². The van der Waals surface area contributed by atoms with Gasteiger partial charge in [-0.3, -0.25) is 4.98 Å². The summed E-state index contributed by atoms with van der Waals surface area (Å²) in [6, 6.07) is 8.11. The summed E-state index contributed by atoms with van der Waals surface area (Å²) in [7, 11) is 1.68. The van der Waals surface area contributed by atoms with Gasteiger partial charge in [-0.2, -0.15) is 0 Å². The summed E-state index contributed by atoms with van der Waals surface area (Å²) in [6.45, 7) is 3.10. The Balaban J connectivity index is 2.36. The summed E-state index contributed by atoms with van der Waals surface area (Å²) >= 11 is 5.23. The fourth-order valence-corrected chi connectivity index (χ4v) is 3.40. The molecule has 5 heteroatoms. The lowest BCUT2D eigenvalue weighted by atomic mass is 10.1. The zero-order valence-electron chi connectivity index (χ0n) is 11.0. The van der Waals surface area contributed by atoms with Crippen LogP contribution in [0.1, 0.15) is 30.0 Å². The molecule has 0 aliphatic heterocycles. The minimum absolute atomic E-state index is 0.0763. The third-order valence-corrected chi connectivity index (χ3v) is 4.46. The number of hydrogen-bond acceptors (Lipinski definition) is 4. The van der Waals surface area contributed by atoms with E-state index in [2.05, 4.69) is 45.3 Å². The smallest absolute Gasteiger partial charge is 0.142 e. The van der Waals surface area contributed by atoms with Crippen LogP contribution >= 0.6 is 27.3 Å². The van der Waals surface area contributed by atoms with Crippen molar-refractivity contribution in [1.29, 1.82) is 0 Å². The summed E-state index contributed by atoms with van der Waals surface area (Å²) in [5, 5.41) is 3.54. The highest BCUT2D eigenvalue weighted by Gasteiger charge is 2.20. The second kappa shape index (κ2) is 7.03. The molecular weight excluding hydrogens is 324 g/mol. The van der Waals surface area contributed by atoms with Crippen molar-refractivity contribution in [2.24, 2.45) is 0 Å². The predicted octanol–water partition coefficient (Wildman–Crippen LogP) is 4.00. The molecule has 0 aromatic carbocycles. The molecule has 2 aromatic heterocycles. The molecule has 2 heterocycles. The van der Waals surface area contributed by atoms with Crippen molar-refractivity contribution < 1.29 is 4.74 Å². The fourth-order valence-electron chi connectivity index (χ4n) is 1.90. The highest BCUT2D eigenvalue weighted by atomic mass is 79.9. The molecule has 0 aliphatic carbocycles. The zero-order valence-corrected chi connectivity index (χ0v) is 13.4. The molecular formula is C14H17BrN2OS. The van der Waals surface area contributed by atoms with E-state index in [-0.39, 0.29) is 6.04 Å². The maximum Gasteiger partial charge on any atom is 0.142 e. The SMILES string of the molecule is CCCNC(c1ccc(Br)s1)c1ncccc1OC. The lowest BCUT2D eigenvalue weighted by Gasteiger charge is -2.18. The van der Waals surface area contributed by atoms with Crippen LogP contribution in [0.2, 0.25) is 0 Å². The van der Waals surface area contributed by atoms with Gasteiger partial charge in [-0.1, -0.05) is 6.92 Å². The Morgan fingerprint density at radius 2 is 2.26 bits per heavy atom. The van der Waals surface area contributed by atoms with Crippen molar-refractivity contribution in [2.45, 2.75) is 19.4 Å². The average Bonchev–Trinajstić information content (AvgIpc) is 2.86. The second-order valence-corrected chi connectivity index (χ2v) is 6.61. The number of ether oxygens (including phenoxy) is 1. The topological polar surface area (TPSA) is 34.2 Å². The largest absolute Gasteiger partial charge is 0.495 e. The molecule has 2 rings (SSSR count). The van der Waals surface area contributed by atoms with Crippen molar-refractivity contribution in [3.8, 4) is 5.75 Å².